The summed E-state index contributed by atoms with van der Waals surface area (Å²) in [5.41, 5.74) is 2.87. The molecule has 0 atom stereocenters. The Labute approximate surface area is 165 Å². The van der Waals surface area contributed by atoms with E-state index in [9.17, 15) is 9.59 Å². The highest BCUT2D eigenvalue weighted by atomic mass is 16.1. The van der Waals surface area contributed by atoms with E-state index >= 15 is 0 Å². The highest BCUT2D eigenvalue weighted by molar-refractivity contribution is 5.95. The molecule has 0 unspecified atom stereocenters. The lowest BCUT2D eigenvalue weighted by atomic mass is 10.0. The standard InChI is InChI=1S/C24H24N2O2/c27-21(13-11-19-7-3-1-4-8-19)9-5-2-6-10-22(28)14-12-20-15-17-25-24-23(20)16-18-26-24/h1,3-4,7-8,15-18H,2,5-6,9-10,12,14H2,(H,25,26). The number of hydrogen-bond acceptors (Lipinski definition) is 3. The van der Waals surface area contributed by atoms with Crippen molar-refractivity contribution in [3.8, 4) is 11.8 Å². The minimum Gasteiger partial charge on any atom is -0.346 e. The van der Waals surface area contributed by atoms with Crippen LogP contribution in [0.15, 0.2) is 54.9 Å². The second kappa shape index (κ2) is 10.2. The van der Waals surface area contributed by atoms with Gasteiger partial charge in [-0.1, -0.05) is 30.5 Å². The van der Waals surface area contributed by atoms with Crippen LogP contribution in [0.1, 0.15) is 49.7 Å². The Morgan fingerprint density at radius 2 is 1.75 bits per heavy atom. The summed E-state index contributed by atoms with van der Waals surface area (Å²) >= 11 is 0. The molecule has 0 amide bonds. The first kappa shape index (κ1) is 19.6. The van der Waals surface area contributed by atoms with Gasteiger partial charge in [0.05, 0.1) is 0 Å². The first-order chi connectivity index (χ1) is 13.7. The number of aromatic amines is 1. The van der Waals surface area contributed by atoms with Crippen molar-refractivity contribution < 1.29 is 9.59 Å². The molecule has 142 valence electrons. The van der Waals surface area contributed by atoms with Gasteiger partial charge < -0.3 is 4.98 Å². The zero-order valence-electron chi connectivity index (χ0n) is 15.9. The molecule has 0 saturated carbocycles. The van der Waals surface area contributed by atoms with Crippen molar-refractivity contribution in [1.82, 2.24) is 9.97 Å². The van der Waals surface area contributed by atoms with Crippen LogP contribution in [0.4, 0.5) is 0 Å². The normalized spacial score (nSPS) is 10.4. The molecule has 2 heterocycles. The maximum atomic E-state index is 12.1. The Morgan fingerprint density at radius 3 is 2.61 bits per heavy atom. The number of benzene rings is 1. The third-order valence-electron chi connectivity index (χ3n) is 4.70. The van der Waals surface area contributed by atoms with E-state index in [-0.39, 0.29) is 11.6 Å². The zero-order valence-corrected chi connectivity index (χ0v) is 15.9. The van der Waals surface area contributed by atoms with Crippen molar-refractivity contribution in [1.29, 1.82) is 0 Å². The van der Waals surface area contributed by atoms with Gasteiger partial charge in [-0.15, -0.1) is 0 Å². The monoisotopic (exact) mass is 372 g/mol. The van der Waals surface area contributed by atoms with Crippen molar-refractivity contribution >= 4 is 22.6 Å². The number of carbonyl (C=O) groups is 2. The average molecular weight is 372 g/mol. The van der Waals surface area contributed by atoms with E-state index in [0.29, 0.717) is 19.3 Å². The second-order valence-corrected chi connectivity index (χ2v) is 6.85. The molecule has 2 aromatic heterocycles. The lowest BCUT2D eigenvalue weighted by molar-refractivity contribution is -0.119. The van der Waals surface area contributed by atoms with Crippen molar-refractivity contribution in [2.75, 3.05) is 0 Å². The number of pyridine rings is 1. The van der Waals surface area contributed by atoms with Gasteiger partial charge in [0, 0.05) is 42.6 Å². The number of rotatable bonds is 9. The fraction of sp³-hybridized carbons (Fsp3) is 0.292. The number of ketones is 2. The summed E-state index contributed by atoms with van der Waals surface area (Å²) in [4.78, 5) is 31.3. The van der Waals surface area contributed by atoms with Crippen molar-refractivity contribution in [3.05, 3.63) is 66.0 Å². The zero-order chi connectivity index (χ0) is 19.6. The number of H-pyrrole nitrogens is 1. The molecule has 4 nitrogen and oxygen atoms in total. The number of nitrogens with zero attached hydrogens (tertiary/aromatic N) is 1. The molecule has 0 radical (unpaired) electrons. The van der Waals surface area contributed by atoms with Crippen LogP contribution in [-0.4, -0.2) is 21.5 Å². The molecule has 3 aromatic rings. The van der Waals surface area contributed by atoms with E-state index in [1.165, 1.54) is 0 Å². The summed E-state index contributed by atoms with van der Waals surface area (Å²) in [7, 11) is 0. The summed E-state index contributed by atoms with van der Waals surface area (Å²) in [6.07, 6.45) is 8.45. The van der Waals surface area contributed by atoms with E-state index < -0.39 is 0 Å². The molecule has 0 aliphatic rings. The Morgan fingerprint density at radius 1 is 0.929 bits per heavy atom. The van der Waals surface area contributed by atoms with E-state index in [1.807, 2.05) is 48.7 Å². The van der Waals surface area contributed by atoms with Crippen LogP contribution in [0.3, 0.4) is 0 Å². The quantitative estimate of drug-likeness (QED) is 0.440. The smallest absolute Gasteiger partial charge is 0.205 e. The Kier molecular flexibility index (Phi) is 7.14. The Balaban J connectivity index is 1.31. The predicted octanol–water partition coefficient (Wildman–Crippen LogP) is 4.64. The third-order valence-corrected chi connectivity index (χ3v) is 4.70. The summed E-state index contributed by atoms with van der Waals surface area (Å²) in [6.45, 7) is 0. The summed E-state index contributed by atoms with van der Waals surface area (Å²) in [5, 5.41) is 1.09. The van der Waals surface area contributed by atoms with Gasteiger partial charge in [-0.25, -0.2) is 4.98 Å². The SMILES string of the molecule is O=C(C#Cc1ccccc1)CCCCCC(=O)CCc1ccnc2[nH]ccc12. The number of hydrogen-bond donors (Lipinski definition) is 1. The van der Waals surface area contributed by atoms with E-state index in [1.54, 1.807) is 6.20 Å². The molecule has 0 aliphatic carbocycles. The van der Waals surface area contributed by atoms with Gasteiger partial charge in [0.15, 0.2) is 0 Å². The van der Waals surface area contributed by atoms with Crippen molar-refractivity contribution in [2.24, 2.45) is 0 Å². The molecular formula is C24H24N2O2. The second-order valence-electron chi connectivity index (χ2n) is 6.85. The van der Waals surface area contributed by atoms with Crippen LogP contribution in [0.25, 0.3) is 11.0 Å². The molecule has 4 heteroatoms. The van der Waals surface area contributed by atoms with Gasteiger partial charge in [-0.05, 0) is 55.0 Å². The number of carbonyl (C=O) groups excluding carboxylic acids is 2. The minimum atomic E-state index is -0.0385. The number of Topliss-reactive ketones (excluding diaryl/α,β-unsaturated/α-hetero) is 2. The Bertz CT molecular complexity index is 993. The van der Waals surface area contributed by atoms with E-state index in [4.69, 9.17) is 0 Å². The van der Waals surface area contributed by atoms with Crippen LogP contribution >= 0.6 is 0 Å². The van der Waals surface area contributed by atoms with E-state index in [0.717, 1.165) is 47.8 Å². The van der Waals surface area contributed by atoms with Gasteiger partial charge in [-0.2, -0.15) is 0 Å². The third kappa shape index (κ3) is 5.92. The maximum absolute atomic E-state index is 12.1. The maximum Gasteiger partial charge on any atom is 0.205 e. The molecule has 1 N–H and O–H groups in total. The molecular weight excluding hydrogens is 348 g/mol. The number of aromatic nitrogens is 2. The fourth-order valence-corrected chi connectivity index (χ4v) is 3.15. The van der Waals surface area contributed by atoms with Gasteiger partial charge >= 0.3 is 0 Å². The van der Waals surface area contributed by atoms with Gasteiger partial charge in [0.25, 0.3) is 0 Å². The molecule has 0 fully saturated rings. The highest BCUT2D eigenvalue weighted by Gasteiger charge is 2.07. The van der Waals surface area contributed by atoms with Gasteiger partial charge in [0.2, 0.25) is 5.78 Å². The molecule has 0 aliphatic heterocycles. The fourth-order valence-electron chi connectivity index (χ4n) is 3.15. The molecule has 0 saturated heterocycles. The molecule has 1 aromatic carbocycles. The first-order valence-electron chi connectivity index (χ1n) is 9.75. The minimum absolute atomic E-state index is 0.0385. The number of aryl methyl sites for hydroxylation is 1. The highest BCUT2D eigenvalue weighted by Crippen LogP contribution is 2.17. The Hall–Kier alpha value is -3.19. The van der Waals surface area contributed by atoms with Crippen LogP contribution in [-0.2, 0) is 16.0 Å². The summed E-state index contributed by atoms with van der Waals surface area (Å²) < 4.78 is 0. The van der Waals surface area contributed by atoms with Crippen molar-refractivity contribution in [3.63, 3.8) is 0 Å². The number of unbranched alkanes of at least 4 members (excludes halogenated alkanes) is 2. The van der Waals surface area contributed by atoms with Crippen LogP contribution in [0.2, 0.25) is 0 Å². The summed E-state index contributed by atoms with van der Waals surface area (Å²) in [5.74, 6) is 5.81. The molecule has 3 rings (SSSR count). The average Bonchev–Trinajstić information content (AvgIpc) is 3.20. The van der Waals surface area contributed by atoms with E-state index in [2.05, 4.69) is 21.8 Å². The number of fused-ring (bicyclic) bond motifs is 1. The number of nitrogens with one attached hydrogen (secondary N) is 1. The molecule has 0 bridgehead atoms. The van der Waals surface area contributed by atoms with Crippen LogP contribution in [0, 0.1) is 11.8 Å². The summed E-state index contributed by atoms with van der Waals surface area (Å²) in [6, 6.07) is 13.5. The van der Waals surface area contributed by atoms with Gasteiger partial charge in [-0.3, -0.25) is 9.59 Å². The van der Waals surface area contributed by atoms with Gasteiger partial charge in [0.1, 0.15) is 11.4 Å². The molecule has 0 spiro atoms. The first-order valence-corrected chi connectivity index (χ1v) is 9.75. The topological polar surface area (TPSA) is 62.8 Å². The van der Waals surface area contributed by atoms with Crippen LogP contribution in [0.5, 0.6) is 0 Å². The lowest BCUT2D eigenvalue weighted by Crippen LogP contribution is -2.01. The lowest BCUT2D eigenvalue weighted by Gasteiger charge is -2.03. The predicted molar refractivity (Wildman–Crippen MR) is 111 cm³/mol. The van der Waals surface area contributed by atoms with Crippen LogP contribution < -0.4 is 0 Å². The largest absolute Gasteiger partial charge is 0.346 e. The molecule has 28 heavy (non-hydrogen) atoms. The van der Waals surface area contributed by atoms with Crippen molar-refractivity contribution in [2.45, 2.75) is 44.9 Å².